The summed E-state index contributed by atoms with van der Waals surface area (Å²) in [6.07, 6.45) is 2.06. The van der Waals surface area contributed by atoms with Crippen LogP contribution in [-0.2, 0) is 6.54 Å². The van der Waals surface area contributed by atoms with Gasteiger partial charge in [-0.15, -0.1) is 0 Å². The van der Waals surface area contributed by atoms with Crippen LogP contribution >= 0.6 is 0 Å². The van der Waals surface area contributed by atoms with Gasteiger partial charge in [0.05, 0.1) is 7.11 Å². The molecule has 3 aromatic rings. The zero-order valence-electron chi connectivity index (χ0n) is 16.7. The van der Waals surface area contributed by atoms with Gasteiger partial charge in [-0.05, 0) is 65.6 Å². The summed E-state index contributed by atoms with van der Waals surface area (Å²) in [6.45, 7) is 0.398. The molecule has 7 heteroatoms. The molecule has 3 aromatic carbocycles. The van der Waals surface area contributed by atoms with Gasteiger partial charge in [0.2, 0.25) is 0 Å². The zero-order chi connectivity index (χ0) is 20.9. The highest BCUT2D eigenvalue weighted by molar-refractivity contribution is 5.93. The molecule has 0 spiro atoms. The molecule has 0 atom stereocenters. The van der Waals surface area contributed by atoms with Crippen LogP contribution in [0.15, 0.2) is 60.7 Å². The van der Waals surface area contributed by atoms with Gasteiger partial charge < -0.3 is 26.0 Å². The van der Waals surface area contributed by atoms with Gasteiger partial charge in [0.15, 0.2) is 0 Å². The molecule has 0 heterocycles. The summed E-state index contributed by atoms with van der Waals surface area (Å²) in [4.78, 5) is 24.1. The van der Waals surface area contributed by atoms with Crippen LogP contribution in [0.3, 0.4) is 0 Å². The number of nitrogens with one attached hydrogen (secondary N) is 4. The predicted octanol–water partition coefficient (Wildman–Crippen LogP) is 4.45. The van der Waals surface area contributed by atoms with Gasteiger partial charge in [-0.2, -0.15) is 0 Å². The van der Waals surface area contributed by atoms with Crippen LogP contribution in [0.25, 0.3) is 10.8 Å². The van der Waals surface area contributed by atoms with E-state index in [9.17, 15) is 9.59 Å². The average Bonchev–Trinajstić information content (AvgIpc) is 3.55. The number of amides is 4. The number of methoxy groups -OCH3 is 1. The highest BCUT2D eigenvalue weighted by atomic mass is 16.5. The van der Waals surface area contributed by atoms with Crippen LogP contribution in [0.1, 0.15) is 18.4 Å². The number of anilines is 2. The largest absolute Gasteiger partial charge is 0.497 e. The molecule has 154 valence electrons. The minimum Gasteiger partial charge on any atom is -0.497 e. The van der Waals surface area contributed by atoms with E-state index >= 15 is 0 Å². The summed E-state index contributed by atoms with van der Waals surface area (Å²) in [5.74, 6) is 0.814. The van der Waals surface area contributed by atoms with Crippen LogP contribution in [-0.4, -0.2) is 25.2 Å². The Labute approximate surface area is 174 Å². The molecule has 0 bridgehead atoms. The van der Waals surface area contributed by atoms with Crippen LogP contribution in [0.4, 0.5) is 21.0 Å². The van der Waals surface area contributed by atoms with Gasteiger partial charge in [-0.1, -0.05) is 24.3 Å². The van der Waals surface area contributed by atoms with Crippen molar-refractivity contribution in [2.24, 2.45) is 0 Å². The molecule has 0 aliphatic heterocycles. The molecule has 0 radical (unpaired) electrons. The standard InChI is InChI=1S/C23H24N4O3/c1-30-21-10-7-16-11-15(5-6-17(16)12-21)14-24-22(28)26-19-3-2-4-20(13-19)27-23(29)25-18-8-9-18/h2-7,10-13,18H,8-9,14H2,1H3,(H2,24,26,28)(H2,25,27,29). The Balaban J connectivity index is 1.31. The molecular formula is C23H24N4O3. The number of hydrogen-bond donors (Lipinski definition) is 4. The lowest BCUT2D eigenvalue weighted by molar-refractivity contribution is 0.251. The summed E-state index contributed by atoms with van der Waals surface area (Å²) in [5, 5.41) is 13.5. The van der Waals surface area contributed by atoms with Gasteiger partial charge in [0.1, 0.15) is 5.75 Å². The van der Waals surface area contributed by atoms with E-state index < -0.39 is 0 Å². The molecule has 0 saturated heterocycles. The Morgan fingerprint density at radius 2 is 1.60 bits per heavy atom. The normalized spacial score (nSPS) is 12.8. The van der Waals surface area contributed by atoms with Crippen molar-refractivity contribution in [1.29, 1.82) is 0 Å². The van der Waals surface area contributed by atoms with Gasteiger partial charge in [-0.25, -0.2) is 9.59 Å². The van der Waals surface area contributed by atoms with Crippen LogP contribution < -0.4 is 26.0 Å². The van der Waals surface area contributed by atoms with E-state index in [2.05, 4.69) is 21.3 Å². The van der Waals surface area contributed by atoms with E-state index in [-0.39, 0.29) is 18.1 Å². The van der Waals surface area contributed by atoms with E-state index in [1.165, 1.54) is 0 Å². The second-order valence-corrected chi connectivity index (χ2v) is 7.31. The predicted molar refractivity (Wildman–Crippen MR) is 118 cm³/mol. The van der Waals surface area contributed by atoms with Crippen LogP contribution in [0.5, 0.6) is 5.75 Å². The number of carbonyl (C=O) groups is 2. The van der Waals surface area contributed by atoms with Gasteiger partial charge in [0, 0.05) is 24.0 Å². The Kier molecular flexibility index (Phi) is 5.70. The third-order valence-electron chi connectivity index (χ3n) is 4.86. The maximum absolute atomic E-state index is 12.3. The van der Waals surface area contributed by atoms with Gasteiger partial charge in [0.25, 0.3) is 0 Å². The summed E-state index contributed by atoms with van der Waals surface area (Å²) in [6, 6.07) is 18.7. The number of hydrogen-bond acceptors (Lipinski definition) is 3. The highest BCUT2D eigenvalue weighted by Crippen LogP contribution is 2.22. The van der Waals surface area contributed by atoms with E-state index in [4.69, 9.17) is 4.74 Å². The topological polar surface area (TPSA) is 91.5 Å². The zero-order valence-corrected chi connectivity index (χ0v) is 16.7. The average molecular weight is 404 g/mol. The number of benzene rings is 3. The minimum atomic E-state index is -0.315. The third kappa shape index (κ3) is 5.20. The third-order valence-corrected chi connectivity index (χ3v) is 4.86. The molecule has 1 aliphatic rings. The monoisotopic (exact) mass is 404 g/mol. The number of carbonyl (C=O) groups excluding carboxylic acids is 2. The maximum Gasteiger partial charge on any atom is 0.319 e. The Hall–Kier alpha value is -3.74. The van der Waals surface area contributed by atoms with Crippen molar-refractivity contribution in [1.82, 2.24) is 10.6 Å². The van der Waals surface area contributed by atoms with Crippen molar-refractivity contribution in [3.63, 3.8) is 0 Å². The van der Waals surface area contributed by atoms with Crippen molar-refractivity contribution >= 4 is 34.2 Å². The second kappa shape index (κ2) is 8.73. The number of urea groups is 2. The van der Waals surface area contributed by atoms with Gasteiger partial charge in [-0.3, -0.25) is 0 Å². The van der Waals surface area contributed by atoms with Gasteiger partial charge >= 0.3 is 12.1 Å². The molecule has 7 nitrogen and oxygen atoms in total. The molecule has 1 aliphatic carbocycles. The van der Waals surface area contributed by atoms with Crippen molar-refractivity contribution in [2.75, 3.05) is 17.7 Å². The summed E-state index contributed by atoms with van der Waals surface area (Å²) in [7, 11) is 1.65. The van der Waals surface area contributed by atoms with Crippen LogP contribution in [0.2, 0.25) is 0 Å². The quantitative estimate of drug-likeness (QED) is 0.489. The van der Waals surface area contributed by atoms with E-state index in [0.717, 1.165) is 34.9 Å². The summed E-state index contributed by atoms with van der Waals surface area (Å²) >= 11 is 0. The highest BCUT2D eigenvalue weighted by Gasteiger charge is 2.23. The molecule has 1 saturated carbocycles. The first kappa shape index (κ1) is 19.6. The first-order valence-electron chi connectivity index (χ1n) is 9.88. The molecule has 30 heavy (non-hydrogen) atoms. The fourth-order valence-electron chi connectivity index (χ4n) is 3.12. The molecule has 1 fully saturated rings. The molecule has 4 N–H and O–H groups in total. The number of ether oxygens (including phenoxy) is 1. The number of rotatable bonds is 6. The molecule has 4 amide bonds. The van der Waals surface area contributed by atoms with E-state index in [1.54, 1.807) is 31.4 Å². The fourth-order valence-corrected chi connectivity index (χ4v) is 3.12. The lowest BCUT2D eigenvalue weighted by Crippen LogP contribution is -2.30. The summed E-state index contributed by atoms with van der Waals surface area (Å²) < 4.78 is 5.25. The molecule has 0 unspecified atom stereocenters. The van der Waals surface area contributed by atoms with Crippen molar-refractivity contribution in [3.05, 3.63) is 66.2 Å². The fraction of sp³-hybridized carbons (Fsp3) is 0.217. The lowest BCUT2D eigenvalue weighted by atomic mass is 10.1. The lowest BCUT2D eigenvalue weighted by Gasteiger charge is -2.11. The Morgan fingerprint density at radius 3 is 2.33 bits per heavy atom. The van der Waals surface area contributed by atoms with E-state index in [0.29, 0.717) is 17.9 Å². The smallest absolute Gasteiger partial charge is 0.319 e. The maximum atomic E-state index is 12.3. The SMILES string of the molecule is COc1ccc2cc(CNC(=O)Nc3cccc(NC(=O)NC4CC4)c3)ccc2c1. The minimum absolute atomic E-state index is 0.229. The molecule has 4 rings (SSSR count). The van der Waals surface area contributed by atoms with Crippen molar-refractivity contribution in [3.8, 4) is 5.75 Å². The van der Waals surface area contributed by atoms with Crippen molar-refractivity contribution < 1.29 is 14.3 Å². The Morgan fingerprint density at radius 1 is 0.900 bits per heavy atom. The van der Waals surface area contributed by atoms with E-state index in [1.807, 2.05) is 36.4 Å². The first-order chi connectivity index (χ1) is 14.6. The number of fused-ring (bicyclic) bond motifs is 1. The van der Waals surface area contributed by atoms with Crippen LogP contribution in [0, 0.1) is 0 Å². The molecular weight excluding hydrogens is 380 g/mol. The summed E-state index contributed by atoms with van der Waals surface area (Å²) in [5.41, 5.74) is 2.22. The van der Waals surface area contributed by atoms with Crippen molar-refractivity contribution in [2.45, 2.75) is 25.4 Å². The first-order valence-corrected chi connectivity index (χ1v) is 9.88. The second-order valence-electron chi connectivity index (χ2n) is 7.31. The Bertz CT molecular complexity index is 1080. The molecule has 0 aromatic heterocycles.